The van der Waals surface area contributed by atoms with Gasteiger partial charge >= 0.3 is 0 Å². The Kier molecular flexibility index (Phi) is 3.59. The second-order valence-corrected chi connectivity index (χ2v) is 6.51. The van der Waals surface area contributed by atoms with E-state index >= 15 is 0 Å². The van der Waals surface area contributed by atoms with Gasteiger partial charge in [0.25, 0.3) is 0 Å². The van der Waals surface area contributed by atoms with E-state index in [4.69, 9.17) is 5.14 Å². The van der Waals surface area contributed by atoms with Crippen molar-refractivity contribution in [3.63, 3.8) is 0 Å². The number of sulfonamides is 1. The molecule has 0 radical (unpaired) electrons. The number of primary sulfonamides is 1. The lowest BCUT2D eigenvalue weighted by molar-refractivity contribution is 0.590. The number of anilines is 1. The third-order valence-corrected chi connectivity index (χ3v) is 4.23. The van der Waals surface area contributed by atoms with E-state index in [9.17, 15) is 12.8 Å². The van der Waals surface area contributed by atoms with Crippen LogP contribution in [-0.4, -0.2) is 14.5 Å². The van der Waals surface area contributed by atoms with Gasteiger partial charge in [-0.25, -0.2) is 17.9 Å². The first-order chi connectivity index (χ1) is 8.36. The first-order valence-electron chi connectivity index (χ1n) is 5.95. The Bertz CT molecular complexity index is 545. The number of benzene rings is 1. The summed E-state index contributed by atoms with van der Waals surface area (Å²) < 4.78 is 35.9. The van der Waals surface area contributed by atoms with Crippen molar-refractivity contribution >= 4 is 15.7 Å². The van der Waals surface area contributed by atoms with Crippen molar-refractivity contribution in [3.05, 3.63) is 24.0 Å². The molecule has 0 bridgehead atoms. The molecule has 1 saturated carbocycles. The van der Waals surface area contributed by atoms with Gasteiger partial charge in [0.1, 0.15) is 5.82 Å². The summed E-state index contributed by atoms with van der Waals surface area (Å²) in [6.45, 7) is 2.17. The second-order valence-electron chi connectivity index (χ2n) is 4.95. The van der Waals surface area contributed by atoms with Crippen molar-refractivity contribution < 1.29 is 12.8 Å². The molecule has 0 heterocycles. The van der Waals surface area contributed by atoms with E-state index < -0.39 is 15.8 Å². The smallest absolute Gasteiger partial charge is 0.238 e. The molecule has 18 heavy (non-hydrogen) atoms. The maximum Gasteiger partial charge on any atom is 0.238 e. The van der Waals surface area contributed by atoms with Crippen LogP contribution in [0.2, 0.25) is 0 Å². The van der Waals surface area contributed by atoms with E-state index in [-0.39, 0.29) is 10.9 Å². The lowest BCUT2D eigenvalue weighted by atomic mass is 10.1. The maximum atomic E-state index is 13.7. The molecular formula is C12H17FN2O2S. The van der Waals surface area contributed by atoms with Crippen molar-refractivity contribution in [1.82, 2.24) is 0 Å². The first kappa shape index (κ1) is 13.3. The fourth-order valence-corrected chi connectivity index (χ4v) is 2.87. The van der Waals surface area contributed by atoms with Crippen LogP contribution in [0.3, 0.4) is 0 Å². The Morgan fingerprint density at radius 2 is 2.11 bits per heavy atom. The number of nitrogens with one attached hydrogen (secondary N) is 1. The molecule has 1 aliphatic carbocycles. The Labute approximate surface area is 106 Å². The summed E-state index contributed by atoms with van der Waals surface area (Å²) in [5, 5.41) is 8.05. The molecule has 0 aromatic heterocycles. The molecule has 2 atom stereocenters. The average molecular weight is 272 g/mol. The van der Waals surface area contributed by atoms with Gasteiger partial charge in [0.2, 0.25) is 10.0 Å². The quantitative estimate of drug-likeness (QED) is 0.884. The van der Waals surface area contributed by atoms with E-state index in [1.54, 1.807) is 0 Å². The van der Waals surface area contributed by atoms with Gasteiger partial charge in [-0.15, -0.1) is 0 Å². The molecule has 1 aromatic rings. The molecule has 4 nitrogen and oxygen atoms in total. The monoisotopic (exact) mass is 272 g/mol. The lowest BCUT2D eigenvalue weighted by Crippen LogP contribution is -2.17. The summed E-state index contributed by atoms with van der Waals surface area (Å²) in [4.78, 5) is -0.203. The molecule has 2 rings (SSSR count). The second kappa shape index (κ2) is 4.85. The van der Waals surface area contributed by atoms with Crippen molar-refractivity contribution in [2.24, 2.45) is 11.1 Å². The van der Waals surface area contributed by atoms with Crippen LogP contribution in [0.15, 0.2) is 23.1 Å². The number of hydrogen-bond donors (Lipinski definition) is 2. The minimum Gasteiger partial charge on any atom is -0.380 e. The standard InChI is InChI=1S/C12H17FN2O2S/c1-8-2-3-9(6-8)15-12-5-4-10(7-11(12)13)18(14,16)17/h4-5,7-9,15H,2-3,6H2,1H3,(H2,14,16,17). The summed E-state index contributed by atoms with van der Waals surface area (Å²) in [5.41, 5.74) is 0.335. The highest BCUT2D eigenvalue weighted by atomic mass is 32.2. The molecule has 0 aliphatic heterocycles. The summed E-state index contributed by atoms with van der Waals surface area (Å²) in [5.74, 6) is 0.0651. The van der Waals surface area contributed by atoms with Crippen LogP contribution in [0.25, 0.3) is 0 Å². The zero-order chi connectivity index (χ0) is 13.3. The predicted octanol–water partition coefficient (Wildman–Crippen LogP) is 2.07. The lowest BCUT2D eigenvalue weighted by Gasteiger charge is -2.15. The summed E-state index contributed by atoms with van der Waals surface area (Å²) in [6.07, 6.45) is 3.16. The highest BCUT2D eigenvalue weighted by molar-refractivity contribution is 7.89. The van der Waals surface area contributed by atoms with Gasteiger partial charge in [0.05, 0.1) is 10.6 Å². The third-order valence-electron chi connectivity index (χ3n) is 3.32. The van der Waals surface area contributed by atoms with Gasteiger partial charge in [-0.05, 0) is 43.4 Å². The van der Waals surface area contributed by atoms with E-state index in [1.807, 2.05) is 0 Å². The van der Waals surface area contributed by atoms with Gasteiger partial charge in [-0.1, -0.05) is 6.92 Å². The minimum absolute atomic E-state index is 0.203. The van der Waals surface area contributed by atoms with E-state index in [1.165, 1.54) is 12.1 Å². The minimum atomic E-state index is -3.85. The first-order valence-corrected chi connectivity index (χ1v) is 7.50. The number of halogens is 1. The molecule has 100 valence electrons. The number of nitrogens with two attached hydrogens (primary N) is 1. The summed E-state index contributed by atoms with van der Waals surface area (Å²) >= 11 is 0. The molecule has 6 heteroatoms. The fraction of sp³-hybridized carbons (Fsp3) is 0.500. The Hall–Kier alpha value is -1.14. The number of hydrogen-bond acceptors (Lipinski definition) is 3. The van der Waals surface area contributed by atoms with Crippen molar-refractivity contribution in [1.29, 1.82) is 0 Å². The fourth-order valence-electron chi connectivity index (χ4n) is 2.35. The van der Waals surface area contributed by atoms with Crippen molar-refractivity contribution in [3.8, 4) is 0 Å². The van der Waals surface area contributed by atoms with E-state index in [2.05, 4.69) is 12.2 Å². The topological polar surface area (TPSA) is 72.2 Å². The van der Waals surface area contributed by atoms with E-state index in [0.29, 0.717) is 11.6 Å². The van der Waals surface area contributed by atoms with Gasteiger partial charge in [0.15, 0.2) is 0 Å². The van der Waals surface area contributed by atoms with Gasteiger partial charge in [0, 0.05) is 6.04 Å². The van der Waals surface area contributed by atoms with Crippen LogP contribution < -0.4 is 10.5 Å². The zero-order valence-electron chi connectivity index (χ0n) is 10.2. The largest absolute Gasteiger partial charge is 0.380 e. The molecule has 2 unspecified atom stereocenters. The predicted molar refractivity (Wildman–Crippen MR) is 68.2 cm³/mol. The Morgan fingerprint density at radius 3 is 2.61 bits per heavy atom. The van der Waals surface area contributed by atoms with Crippen molar-refractivity contribution in [2.45, 2.75) is 37.1 Å². The molecular weight excluding hydrogens is 255 g/mol. The normalized spacial score (nSPS) is 24.2. The van der Waals surface area contributed by atoms with Crippen LogP contribution in [-0.2, 0) is 10.0 Å². The highest BCUT2D eigenvalue weighted by Gasteiger charge is 2.22. The maximum absolute atomic E-state index is 13.7. The zero-order valence-corrected chi connectivity index (χ0v) is 11.0. The highest BCUT2D eigenvalue weighted by Crippen LogP contribution is 2.28. The molecule has 1 aliphatic rings. The van der Waals surface area contributed by atoms with Crippen LogP contribution in [0.1, 0.15) is 26.2 Å². The Morgan fingerprint density at radius 1 is 1.39 bits per heavy atom. The van der Waals surface area contributed by atoms with Gasteiger partial charge in [-0.2, -0.15) is 0 Å². The van der Waals surface area contributed by atoms with Crippen LogP contribution >= 0.6 is 0 Å². The summed E-state index contributed by atoms with van der Waals surface area (Å²) in [7, 11) is -3.85. The van der Waals surface area contributed by atoms with Crippen LogP contribution in [0.4, 0.5) is 10.1 Å². The van der Waals surface area contributed by atoms with Gasteiger partial charge in [-0.3, -0.25) is 0 Å². The molecule has 0 spiro atoms. The molecule has 3 N–H and O–H groups in total. The molecule has 0 amide bonds. The molecule has 1 fully saturated rings. The van der Waals surface area contributed by atoms with Crippen LogP contribution in [0, 0.1) is 11.7 Å². The number of rotatable bonds is 3. The SMILES string of the molecule is CC1CCC(Nc2ccc(S(N)(=O)=O)cc2F)C1. The Balaban J connectivity index is 2.15. The van der Waals surface area contributed by atoms with E-state index in [0.717, 1.165) is 25.3 Å². The molecule has 0 saturated heterocycles. The third kappa shape index (κ3) is 3.00. The van der Waals surface area contributed by atoms with Gasteiger partial charge < -0.3 is 5.32 Å². The van der Waals surface area contributed by atoms with Crippen LogP contribution in [0.5, 0.6) is 0 Å². The van der Waals surface area contributed by atoms with Crippen molar-refractivity contribution in [2.75, 3.05) is 5.32 Å². The average Bonchev–Trinajstić information content (AvgIpc) is 2.65. The summed E-state index contributed by atoms with van der Waals surface area (Å²) in [6, 6.07) is 3.96. The molecule has 1 aromatic carbocycles.